The summed E-state index contributed by atoms with van der Waals surface area (Å²) in [6.45, 7) is 0.589. The highest BCUT2D eigenvalue weighted by Crippen LogP contribution is 2.44. The topological polar surface area (TPSA) is 35.2 Å². The van der Waals surface area contributed by atoms with E-state index in [4.69, 9.17) is 33.7 Å². The molecule has 5 heteroatoms. The standard InChI is InChI=1S/C9H8BrCl2NO/c10-4-3-5(11)9-7(8(4)12)6(13)1-2-14-9/h3,6H,1-2,13H2/t6-/m0/s1. The molecule has 0 aliphatic carbocycles. The molecule has 1 aromatic carbocycles. The third-order valence-electron chi connectivity index (χ3n) is 2.21. The third-order valence-corrected chi connectivity index (χ3v) is 3.75. The molecule has 1 aromatic rings. The van der Waals surface area contributed by atoms with Crippen LogP contribution in [-0.4, -0.2) is 6.61 Å². The van der Waals surface area contributed by atoms with Gasteiger partial charge in [0.1, 0.15) is 5.75 Å². The van der Waals surface area contributed by atoms with Gasteiger partial charge < -0.3 is 10.5 Å². The first-order chi connectivity index (χ1) is 6.61. The minimum absolute atomic E-state index is 0.0961. The predicted octanol–water partition coefficient (Wildman–Crippen LogP) is 3.54. The Morgan fingerprint density at radius 2 is 2.21 bits per heavy atom. The molecule has 0 fully saturated rings. The molecule has 2 nitrogen and oxygen atoms in total. The molecule has 0 radical (unpaired) electrons. The van der Waals surface area contributed by atoms with Crippen molar-refractivity contribution in [3.05, 3.63) is 26.1 Å². The summed E-state index contributed by atoms with van der Waals surface area (Å²) >= 11 is 15.5. The molecule has 0 saturated heterocycles. The summed E-state index contributed by atoms with van der Waals surface area (Å²) in [6, 6.07) is 1.63. The van der Waals surface area contributed by atoms with Crippen molar-refractivity contribution >= 4 is 39.1 Å². The second-order valence-electron chi connectivity index (χ2n) is 3.14. The Labute approximate surface area is 100 Å². The van der Waals surface area contributed by atoms with Crippen LogP contribution in [0.5, 0.6) is 5.75 Å². The third kappa shape index (κ3) is 1.63. The minimum atomic E-state index is -0.0961. The molecular weight excluding hydrogens is 289 g/mol. The van der Waals surface area contributed by atoms with E-state index in [1.54, 1.807) is 6.07 Å². The van der Waals surface area contributed by atoms with E-state index in [9.17, 15) is 0 Å². The number of rotatable bonds is 0. The molecule has 0 spiro atoms. The lowest BCUT2D eigenvalue weighted by Crippen LogP contribution is -2.21. The lowest BCUT2D eigenvalue weighted by molar-refractivity contribution is 0.269. The zero-order valence-electron chi connectivity index (χ0n) is 7.19. The van der Waals surface area contributed by atoms with Crippen LogP contribution in [-0.2, 0) is 0 Å². The number of fused-ring (bicyclic) bond motifs is 1. The Hall–Kier alpha value is 0.0400. The van der Waals surface area contributed by atoms with E-state index >= 15 is 0 Å². The van der Waals surface area contributed by atoms with Crippen molar-refractivity contribution in [2.75, 3.05) is 6.61 Å². The zero-order chi connectivity index (χ0) is 10.3. The van der Waals surface area contributed by atoms with E-state index in [0.29, 0.717) is 22.4 Å². The Morgan fingerprint density at radius 1 is 1.50 bits per heavy atom. The number of halogens is 3. The van der Waals surface area contributed by atoms with Gasteiger partial charge in [-0.1, -0.05) is 23.2 Å². The van der Waals surface area contributed by atoms with E-state index in [1.165, 1.54) is 0 Å². The molecule has 1 aliphatic heterocycles. The molecular formula is C9H8BrCl2NO. The van der Waals surface area contributed by atoms with Crippen molar-refractivity contribution in [1.82, 2.24) is 0 Å². The first kappa shape index (κ1) is 10.6. The molecule has 1 atom stereocenters. The van der Waals surface area contributed by atoms with Crippen LogP contribution in [0.25, 0.3) is 0 Å². The van der Waals surface area contributed by atoms with Crippen molar-refractivity contribution in [3.8, 4) is 5.75 Å². The Kier molecular flexibility index (Phi) is 2.93. The van der Waals surface area contributed by atoms with E-state index in [-0.39, 0.29) is 6.04 Å². The van der Waals surface area contributed by atoms with E-state index < -0.39 is 0 Å². The van der Waals surface area contributed by atoms with Crippen LogP contribution in [0.4, 0.5) is 0 Å². The second kappa shape index (κ2) is 3.89. The maximum atomic E-state index is 6.11. The van der Waals surface area contributed by atoms with Gasteiger partial charge in [-0.25, -0.2) is 0 Å². The van der Waals surface area contributed by atoms with E-state index in [1.807, 2.05) is 0 Å². The van der Waals surface area contributed by atoms with Crippen LogP contribution in [0.2, 0.25) is 10.0 Å². The summed E-state index contributed by atoms with van der Waals surface area (Å²) in [4.78, 5) is 0. The number of hydrogen-bond acceptors (Lipinski definition) is 2. The summed E-state index contributed by atoms with van der Waals surface area (Å²) < 4.78 is 6.20. The zero-order valence-corrected chi connectivity index (χ0v) is 10.3. The molecule has 76 valence electrons. The van der Waals surface area contributed by atoms with Gasteiger partial charge in [0.25, 0.3) is 0 Å². The van der Waals surface area contributed by atoms with Crippen LogP contribution >= 0.6 is 39.1 Å². The van der Waals surface area contributed by atoms with Gasteiger partial charge in [0.2, 0.25) is 0 Å². The van der Waals surface area contributed by atoms with Crippen molar-refractivity contribution in [2.45, 2.75) is 12.5 Å². The van der Waals surface area contributed by atoms with Crippen LogP contribution < -0.4 is 10.5 Å². The van der Waals surface area contributed by atoms with Gasteiger partial charge in [0, 0.05) is 22.5 Å². The molecule has 0 aromatic heterocycles. The van der Waals surface area contributed by atoms with Gasteiger partial charge in [-0.15, -0.1) is 0 Å². The molecule has 14 heavy (non-hydrogen) atoms. The van der Waals surface area contributed by atoms with Crippen LogP contribution in [0.15, 0.2) is 10.5 Å². The minimum Gasteiger partial charge on any atom is -0.492 e. The predicted molar refractivity (Wildman–Crippen MR) is 61.2 cm³/mol. The van der Waals surface area contributed by atoms with Crippen LogP contribution in [0.1, 0.15) is 18.0 Å². The molecule has 0 saturated carbocycles. The van der Waals surface area contributed by atoms with E-state index in [2.05, 4.69) is 15.9 Å². The normalized spacial score (nSPS) is 20.1. The SMILES string of the molecule is N[C@H]1CCOc2c(Cl)cc(Br)c(Cl)c21. The van der Waals surface area contributed by atoms with Crippen molar-refractivity contribution in [2.24, 2.45) is 5.73 Å². The average Bonchev–Trinajstić information content (AvgIpc) is 2.14. The molecule has 2 N–H and O–H groups in total. The van der Waals surface area contributed by atoms with Crippen molar-refractivity contribution < 1.29 is 4.74 Å². The fraction of sp³-hybridized carbons (Fsp3) is 0.333. The summed E-state index contributed by atoms with van der Waals surface area (Å²) in [7, 11) is 0. The number of hydrogen-bond donors (Lipinski definition) is 1. The van der Waals surface area contributed by atoms with Crippen molar-refractivity contribution in [1.29, 1.82) is 0 Å². The number of nitrogens with two attached hydrogens (primary N) is 1. The maximum Gasteiger partial charge on any atom is 0.144 e. The first-order valence-electron chi connectivity index (χ1n) is 4.17. The Morgan fingerprint density at radius 3 is 2.93 bits per heavy atom. The summed E-state index contributed by atoms with van der Waals surface area (Å²) in [5.41, 5.74) is 6.74. The van der Waals surface area contributed by atoms with Crippen LogP contribution in [0, 0.1) is 0 Å². The Balaban J connectivity index is 2.67. The van der Waals surface area contributed by atoms with Gasteiger partial charge in [-0.05, 0) is 22.0 Å². The highest BCUT2D eigenvalue weighted by atomic mass is 79.9. The quantitative estimate of drug-likeness (QED) is 0.743. The molecule has 0 amide bonds. The molecule has 0 bridgehead atoms. The smallest absolute Gasteiger partial charge is 0.144 e. The fourth-order valence-corrected chi connectivity index (χ4v) is 2.63. The number of benzene rings is 1. The summed E-state index contributed by atoms with van der Waals surface area (Å²) in [5, 5.41) is 1.14. The first-order valence-corrected chi connectivity index (χ1v) is 5.72. The van der Waals surface area contributed by atoms with Gasteiger partial charge in [0.05, 0.1) is 16.7 Å². The molecule has 2 rings (SSSR count). The van der Waals surface area contributed by atoms with E-state index in [0.717, 1.165) is 16.5 Å². The average molecular weight is 297 g/mol. The highest BCUT2D eigenvalue weighted by Gasteiger charge is 2.25. The monoisotopic (exact) mass is 295 g/mol. The second-order valence-corrected chi connectivity index (χ2v) is 4.78. The van der Waals surface area contributed by atoms with Gasteiger partial charge >= 0.3 is 0 Å². The van der Waals surface area contributed by atoms with Crippen molar-refractivity contribution in [3.63, 3.8) is 0 Å². The number of ether oxygens (including phenoxy) is 1. The highest BCUT2D eigenvalue weighted by molar-refractivity contribution is 9.10. The van der Waals surface area contributed by atoms with Gasteiger partial charge in [-0.3, -0.25) is 0 Å². The summed E-state index contributed by atoms with van der Waals surface area (Å²) in [5.74, 6) is 0.624. The molecule has 1 heterocycles. The molecule has 0 unspecified atom stereocenters. The largest absolute Gasteiger partial charge is 0.492 e. The summed E-state index contributed by atoms with van der Waals surface area (Å²) in [6.07, 6.45) is 0.763. The Bertz CT molecular complexity index is 384. The maximum absolute atomic E-state index is 6.11. The van der Waals surface area contributed by atoms with Gasteiger partial charge in [-0.2, -0.15) is 0 Å². The van der Waals surface area contributed by atoms with Crippen LogP contribution in [0.3, 0.4) is 0 Å². The fourth-order valence-electron chi connectivity index (χ4n) is 1.51. The molecule has 1 aliphatic rings. The van der Waals surface area contributed by atoms with Gasteiger partial charge in [0.15, 0.2) is 0 Å². The lowest BCUT2D eigenvalue weighted by Gasteiger charge is -2.25. The lowest BCUT2D eigenvalue weighted by atomic mass is 10.0.